The van der Waals surface area contributed by atoms with Gasteiger partial charge in [0.15, 0.2) is 0 Å². The molecule has 3 nitrogen and oxygen atoms in total. The molecule has 1 N–H and O–H groups in total. The van der Waals surface area contributed by atoms with E-state index in [1.165, 1.54) is 0 Å². The second-order valence-electron chi connectivity index (χ2n) is 3.51. The van der Waals surface area contributed by atoms with Crippen molar-refractivity contribution < 1.29 is 9.53 Å². The van der Waals surface area contributed by atoms with Crippen LogP contribution in [0.2, 0.25) is 0 Å². The molecule has 1 aliphatic heterocycles. The third-order valence-electron chi connectivity index (χ3n) is 2.39. The average Bonchev–Trinajstić information content (AvgIpc) is 2.19. The van der Waals surface area contributed by atoms with E-state index in [4.69, 9.17) is 4.74 Å². The molecular formula is C9H16BrNO2S. The van der Waals surface area contributed by atoms with Gasteiger partial charge in [0, 0.05) is 18.5 Å². The van der Waals surface area contributed by atoms with Gasteiger partial charge in [-0.1, -0.05) is 15.9 Å². The minimum atomic E-state index is -0.0783. The van der Waals surface area contributed by atoms with Crippen LogP contribution < -0.4 is 5.32 Å². The summed E-state index contributed by atoms with van der Waals surface area (Å²) in [7, 11) is 0. The number of nitrogens with one attached hydrogen (secondary N) is 1. The van der Waals surface area contributed by atoms with Crippen molar-refractivity contribution in [2.45, 2.75) is 18.4 Å². The summed E-state index contributed by atoms with van der Waals surface area (Å²) in [6.45, 7) is 1.48. The SMILES string of the molecule is CSCC(=O)NC1(CBr)CCOCC1. The minimum absolute atomic E-state index is 0.0783. The van der Waals surface area contributed by atoms with Gasteiger partial charge in [-0.15, -0.1) is 0 Å². The number of ether oxygens (including phenoxy) is 1. The number of carbonyl (C=O) groups excluding carboxylic acids is 1. The molecule has 5 heteroatoms. The van der Waals surface area contributed by atoms with Gasteiger partial charge in [0.2, 0.25) is 5.91 Å². The van der Waals surface area contributed by atoms with Crippen LogP contribution >= 0.6 is 27.7 Å². The normalized spacial score (nSPS) is 20.4. The Labute approximate surface area is 97.5 Å². The Morgan fingerprint density at radius 3 is 2.71 bits per heavy atom. The molecule has 1 rings (SSSR count). The maximum absolute atomic E-state index is 11.5. The summed E-state index contributed by atoms with van der Waals surface area (Å²) in [6.07, 6.45) is 3.74. The Morgan fingerprint density at radius 1 is 1.57 bits per heavy atom. The van der Waals surface area contributed by atoms with Crippen LogP contribution in [0.3, 0.4) is 0 Å². The summed E-state index contributed by atoms with van der Waals surface area (Å²) < 4.78 is 5.29. The predicted molar refractivity (Wildman–Crippen MR) is 63.1 cm³/mol. The van der Waals surface area contributed by atoms with Crippen LogP contribution in [-0.2, 0) is 9.53 Å². The molecule has 82 valence electrons. The molecule has 0 bridgehead atoms. The second kappa shape index (κ2) is 5.98. The lowest BCUT2D eigenvalue weighted by atomic mass is 9.92. The van der Waals surface area contributed by atoms with Crippen molar-refractivity contribution in [1.82, 2.24) is 5.32 Å². The largest absolute Gasteiger partial charge is 0.381 e. The van der Waals surface area contributed by atoms with Gasteiger partial charge in [-0.2, -0.15) is 11.8 Å². The summed E-state index contributed by atoms with van der Waals surface area (Å²) in [4.78, 5) is 11.5. The third kappa shape index (κ3) is 3.44. The van der Waals surface area contributed by atoms with Crippen molar-refractivity contribution in [3.63, 3.8) is 0 Å². The molecular weight excluding hydrogens is 266 g/mol. The van der Waals surface area contributed by atoms with Gasteiger partial charge in [-0.05, 0) is 19.1 Å². The number of rotatable bonds is 4. The lowest BCUT2D eigenvalue weighted by Gasteiger charge is -2.36. The van der Waals surface area contributed by atoms with Crippen LogP contribution in [0, 0.1) is 0 Å². The van der Waals surface area contributed by atoms with E-state index in [-0.39, 0.29) is 11.4 Å². The Balaban J connectivity index is 2.47. The third-order valence-corrected chi connectivity index (χ3v) is 4.01. The first-order chi connectivity index (χ1) is 6.72. The summed E-state index contributed by atoms with van der Waals surface area (Å²) >= 11 is 5.02. The van der Waals surface area contributed by atoms with Gasteiger partial charge in [-0.25, -0.2) is 0 Å². The van der Waals surface area contributed by atoms with E-state index in [1.807, 2.05) is 6.26 Å². The first-order valence-corrected chi connectivity index (χ1v) is 7.18. The second-order valence-corrected chi connectivity index (χ2v) is 4.93. The fourth-order valence-corrected chi connectivity index (χ4v) is 2.55. The highest BCUT2D eigenvalue weighted by atomic mass is 79.9. The molecule has 1 amide bonds. The zero-order valence-corrected chi connectivity index (χ0v) is 10.7. The summed E-state index contributed by atoms with van der Waals surface area (Å²) in [5, 5.41) is 3.91. The lowest BCUT2D eigenvalue weighted by Crippen LogP contribution is -2.53. The average molecular weight is 282 g/mol. The number of halogens is 1. The Morgan fingerprint density at radius 2 is 2.21 bits per heavy atom. The summed E-state index contributed by atoms with van der Waals surface area (Å²) in [5.41, 5.74) is -0.0783. The fourth-order valence-electron chi connectivity index (χ4n) is 1.52. The lowest BCUT2D eigenvalue weighted by molar-refractivity contribution is -0.121. The number of hydrogen-bond acceptors (Lipinski definition) is 3. The van der Waals surface area contributed by atoms with E-state index in [9.17, 15) is 4.79 Å². The molecule has 1 saturated heterocycles. The first-order valence-electron chi connectivity index (χ1n) is 4.66. The number of alkyl halides is 1. The molecule has 0 aromatic carbocycles. The maximum atomic E-state index is 11.5. The molecule has 14 heavy (non-hydrogen) atoms. The minimum Gasteiger partial charge on any atom is -0.381 e. The Bertz CT molecular complexity index is 195. The number of carbonyl (C=O) groups is 1. The van der Waals surface area contributed by atoms with Gasteiger partial charge >= 0.3 is 0 Å². The molecule has 0 aromatic heterocycles. The van der Waals surface area contributed by atoms with Gasteiger partial charge < -0.3 is 10.1 Å². The van der Waals surface area contributed by atoms with E-state index in [2.05, 4.69) is 21.2 Å². The summed E-state index contributed by atoms with van der Waals surface area (Å²) in [5.74, 6) is 0.661. The molecule has 0 aromatic rings. The fraction of sp³-hybridized carbons (Fsp3) is 0.889. The molecule has 1 heterocycles. The van der Waals surface area contributed by atoms with Crippen LogP contribution in [0.5, 0.6) is 0 Å². The van der Waals surface area contributed by atoms with Gasteiger partial charge in [-0.3, -0.25) is 4.79 Å². The van der Waals surface area contributed by atoms with Crippen molar-refractivity contribution in [3.05, 3.63) is 0 Å². The van der Waals surface area contributed by atoms with Gasteiger partial charge in [0.1, 0.15) is 0 Å². The summed E-state index contributed by atoms with van der Waals surface area (Å²) in [6, 6.07) is 0. The molecule has 0 unspecified atom stereocenters. The van der Waals surface area contributed by atoms with Gasteiger partial charge in [0.05, 0.1) is 11.3 Å². The molecule has 0 aliphatic carbocycles. The van der Waals surface area contributed by atoms with Crippen LogP contribution in [0.1, 0.15) is 12.8 Å². The molecule has 0 radical (unpaired) electrons. The molecule has 0 spiro atoms. The quantitative estimate of drug-likeness (QED) is 0.792. The molecule has 1 aliphatic rings. The zero-order chi connectivity index (χ0) is 10.4. The number of amides is 1. The van der Waals surface area contributed by atoms with Crippen LogP contribution in [0.25, 0.3) is 0 Å². The predicted octanol–water partition coefficient (Wildman–Crippen LogP) is 1.41. The van der Waals surface area contributed by atoms with E-state index in [0.29, 0.717) is 5.75 Å². The van der Waals surface area contributed by atoms with Gasteiger partial charge in [0.25, 0.3) is 0 Å². The van der Waals surface area contributed by atoms with E-state index in [0.717, 1.165) is 31.4 Å². The molecule has 0 saturated carbocycles. The van der Waals surface area contributed by atoms with Crippen molar-refractivity contribution >= 4 is 33.6 Å². The Hall–Kier alpha value is 0.260. The van der Waals surface area contributed by atoms with E-state index in [1.54, 1.807) is 11.8 Å². The van der Waals surface area contributed by atoms with Crippen LogP contribution in [0.15, 0.2) is 0 Å². The Kier molecular flexibility index (Phi) is 5.26. The van der Waals surface area contributed by atoms with Crippen LogP contribution in [0.4, 0.5) is 0 Å². The van der Waals surface area contributed by atoms with Crippen molar-refractivity contribution in [2.75, 3.05) is 30.6 Å². The highest BCUT2D eigenvalue weighted by Gasteiger charge is 2.32. The zero-order valence-electron chi connectivity index (χ0n) is 8.35. The van der Waals surface area contributed by atoms with Crippen molar-refractivity contribution in [1.29, 1.82) is 0 Å². The van der Waals surface area contributed by atoms with Crippen LogP contribution in [-0.4, -0.2) is 42.0 Å². The number of hydrogen-bond donors (Lipinski definition) is 1. The highest BCUT2D eigenvalue weighted by molar-refractivity contribution is 9.09. The monoisotopic (exact) mass is 281 g/mol. The molecule has 1 fully saturated rings. The smallest absolute Gasteiger partial charge is 0.230 e. The molecule has 0 atom stereocenters. The van der Waals surface area contributed by atoms with E-state index < -0.39 is 0 Å². The standard InChI is InChI=1S/C9H16BrNO2S/c1-14-6-8(12)11-9(7-10)2-4-13-5-3-9/h2-7H2,1H3,(H,11,12). The van der Waals surface area contributed by atoms with Crippen molar-refractivity contribution in [3.8, 4) is 0 Å². The topological polar surface area (TPSA) is 38.3 Å². The maximum Gasteiger partial charge on any atom is 0.230 e. The first kappa shape index (κ1) is 12.3. The number of thioether (sulfide) groups is 1. The van der Waals surface area contributed by atoms with E-state index >= 15 is 0 Å². The van der Waals surface area contributed by atoms with Crippen molar-refractivity contribution in [2.24, 2.45) is 0 Å². The highest BCUT2D eigenvalue weighted by Crippen LogP contribution is 2.22.